The second-order valence-electron chi connectivity index (χ2n) is 8.83. The highest BCUT2D eigenvalue weighted by Gasteiger charge is 2.29. The second-order valence-corrected chi connectivity index (χ2v) is 8.83. The summed E-state index contributed by atoms with van der Waals surface area (Å²) in [5, 5.41) is 12.2. The van der Waals surface area contributed by atoms with Crippen LogP contribution in [0.3, 0.4) is 0 Å². The number of amides is 2. The van der Waals surface area contributed by atoms with Gasteiger partial charge in [-0.05, 0) is 54.0 Å². The quantitative estimate of drug-likeness (QED) is 0.571. The molecule has 2 N–H and O–H groups in total. The molecule has 0 radical (unpaired) electrons. The molecule has 0 saturated heterocycles. The lowest BCUT2D eigenvalue weighted by Gasteiger charge is -2.25. The zero-order valence-electron chi connectivity index (χ0n) is 18.0. The van der Waals surface area contributed by atoms with Gasteiger partial charge in [-0.2, -0.15) is 0 Å². The van der Waals surface area contributed by atoms with Gasteiger partial charge in [-0.3, -0.25) is 14.4 Å². The zero-order valence-corrected chi connectivity index (χ0v) is 18.0. The number of rotatable bonds is 8. The molecule has 1 unspecified atom stereocenters. The normalized spacial score (nSPS) is 17.8. The number of aliphatic hydroxyl groups excluding tert-OH is 1. The number of aliphatic hydroxyl groups is 1. The van der Waals surface area contributed by atoms with Gasteiger partial charge >= 0.3 is 11.9 Å². The molecule has 0 fully saturated rings. The largest absolute Gasteiger partial charge is 0.460 e. The number of hydrogen-bond donors (Lipinski definition) is 2. The van der Waals surface area contributed by atoms with Crippen LogP contribution in [0.5, 0.6) is 0 Å². The van der Waals surface area contributed by atoms with Crippen molar-refractivity contribution >= 4 is 23.8 Å². The van der Waals surface area contributed by atoms with Crippen LogP contribution in [0.25, 0.3) is 0 Å². The van der Waals surface area contributed by atoms with Gasteiger partial charge < -0.3 is 24.8 Å². The number of ether oxygens (including phenoxy) is 2. The van der Waals surface area contributed by atoms with Crippen molar-refractivity contribution in [1.82, 2.24) is 10.2 Å². The van der Waals surface area contributed by atoms with E-state index < -0.39 is 41.3 Å². The lowest BCUT2D eigenvalue weighted by molar-refractivity contribution is -0.160. The molecular formula is C20H32N2O7. The molecule has 0 spiro atoms. The SMILES string of the molecule is CC(C)(C)OC(=O)CC[C@H](NC(=O)CCN1C(=O)C=CC1O)C(=O)OC(C)(C)C. The molecule has 2 atom stereocenters. The highest BCUT2D eigenvalue weighted by molar-refractivity contribution is 5.91. The Balaban J connectivity index is 2.67. The van der Waals surface area contributed by atoms with Crippen LogP contribution in [0.2, 0.25) is 0 Å². The van der Waals surface area contributed by atoms with E-state index in [2.05, 4.69) is 5.32 Å². The second kappa shape index (κ2) is 9.87. The minimum absolute atomic E-state index is 0.00800. The minimum Gasteiger partial charge on any atom is -0.460 e. The average molecular weight is 412 g/mol. The summed E-state index contributed by atoms with van der Waals surface area (Å²) in [6.07, 6.45) is 1.31. The Bertz CT molecular complexity index is 659. The molecule has 0 aromatic heterocycles. The summed E-state index contributed by atoms with van der Waals surface area (Å²) in [6, 6.07) is -1.04. The van der Waals surface area contributed by atoms with Gasteiger partial charge in [-0.1, -0.05) is 0 Å². The van der Waals surface area contributed by atoms with Crippen molar-refractivity contribution in [2.45, 2.75) is 84.3 Å². The average Bonchev–Trinajstić information content (AvgIpc) is 2.84. The lowest BCUT2D eigenvalue weighted by atomic mass is 10.1. The number of carbonyl (C=O) groups is 4. The highest BCUT2D eigenvalue weighted by atomic mass is 16.6. The van der Waals surface area contributed by atoms with Gasteiger partial charge in [0, 0.05) is 25.5 Å². The Morgan fingerprint density at radius 2 is 1.69 bits per heavy atom. The number of esters is 2. The third-order valence-electron chi connectivity index (χ3n) is 3.68. The van der Waals surface area contributed by atoms with E-state index in [-0.39, 0.29) is 31.7 Å². The predicted octanol–water partition coefficient (Wildman–Crippen LogP) is 1.04. The van der Waals surface area contributed by atoms with Crippen molar-refractivity contribution in [1.29, 1.82) is 0 Å². The lowest BCUT2D eigenvalue weighted by Crippen LogP contribution is -2.46. The first kappa shape index (κ1) is 24.6. The van der Waals surface area contributed by atoms with Crippen LogP contribution in [0.4, 0.5) is 0 Å². The fourth-order valence-corrected chi connectivity index (χ4v) is 2.51. The van der Waals surface area contributed by atoms with Crippen LogP contribution >= 0.6 is 0 Å². The van der Waals surface area contributed by atoms with Crippen molar-refractivity contribution in [3.8, 4) is 0 Å². The standard InChI is InChI=1S/C20H32N2O7/c1-19(2,3)28-17(26)10-7-13(18(27)29-20(4,5)6)21-14(23)11-12-22-15(24)8-9-16(22)25/h8-9,13,15,24H,7,10-12H2,1-6H3,(H,21,23)/t13-,15?/m0/s1. The summed E-state index contributed by atoms with van der Waals surface area (Å²) >= 11 is 0. The summed E-state index contributed by atoms with van der Waals surface area (Å²) < 4.78 is 10.6. The first-order valence-corrected chi connectivity index (χ1v) is 9.59. The summed E-state index contributed by atoms with van der Waals surface area (Å²) in [4.78, 5) is 49.4. The molecule has 29 heavy (non-hydrogen) atoms. The topological polar surface area (TPSA) is 122 Å². The third kappa shape index (κ3) is 9.56. The predicted molar refractivity (Wildman–Crippen MR) is 104 cm³/mol. The first-order chi connectivity index (χ1) is 13.2. The summed E-state index contributed by atoms with van der Waals surface area (Å²) in [5.74, 6) is -2.04. The number of nitrogens with one attached hydrogen (secondary N) is 1. The van der Waals surface area contributed by atoms with E-state index in [9.17, 15) is 24.3 Å². The van der Waals surface area contributed by atoms with E-state index >= 15 is 0 Å². The maximum absolute atomic E-state index is 12.5. The number of carbonyl (C=O) groups excluding carboxylic acids is 4. The van der Waals surface area contributed by atoms with Gasteiger partial charge in [-0.25, -0.2) is 4.79 Å². The number of nitrogens with zero attached hydrogens (tertiary/aromatic N) is 1. The van der Waals surface area contributed by atoms with E-state index in [1.54, 1.807) is 41.5 Å². The fraction of sp³-hybridized carbons (Fsp3) is 0.700. The minimum atomic E-state index is -1.07. The fourth-order valence-electron chi connectivity index (χ4n) is 2.51. The van der Waals surface area contributed by atoms with Crippen molar-refractivity contribution in [2.24, 2.45) is 0 Å². The Morgan fingerprint density at radius 3 is 2.17 bits per heavy atom. The van der Waals surface area contributed by atoms with Crippen LogP contribution in [-0.2, 0) is 28.7 Å². The van der Waals surface area contributed by atoms with Gasteiger partial charge in [0.2, 0.25) is 11.8 Å². The van der Waals surface area contributed by atoms with Gasteiger partial charge in [0.15, 0.2) is 0 Å². The Morgan fingerprint density at radius 1 is 1.10 bits per heavy atom. The van der Waals surface area contributed by atoms with E-state index in [0.717, 1.165) is 4.90 Å². The van der Waals surface area contributed by atoms with Crippen molar-refractivity contribution in [2.75, 3.05) is 6.54 Å². The molecule has 0 bridgehead atoms. The Kier molecular flexibility index (Phi) is 8.37. The Labute approximate surface area is 171 Å². The molecular weight excluding hydrogens is 380 g/mol. The van der Waals surface area contributed by atoms with Gasteiger partial charge in [0.05, 0.1) is 0 Å². The van der Waals surface area contributed by atoms with Gasteiger partial charge in [0.1, 0.15) is 23.5 Å². The van der Waals surface area contributed by atoms with E-state index in [4.69, 9.17) is 9.47 Å². The molecule has 0 aromatic carbocycles. The van der Waals surface area contributed by atoms with Crippen LogP contribution in [0.15, 0.2) is 12.2 Å². The molecule has 9 nitrogen and oxygen atoms in total. The molecule has 2 amide bonds. The van der Waals surface area contributed by atoms with Crippen LogP contribution < -0.4 is 5.32 Å². The molecule has 0 saturated carbocycles. The molecule has 9 heteroatoms. The van der Waals surface area contributed by atoms with E-state index in [0.29, 0.717) is 0 Å². The van der Waals surface area contributed by atoms with E-state index in [1.165, 1.54) is 12.2 Å². The van der Waals surface area contributed by atoms with Crippen LogP contribution in [-0.4, -0.2) is 63.8 Å². The Hall–Kier alpha value is -2.42. The summed E-state index contributed by atoms with van der Waals surface area (Å²) in [5.41, 5.74) is -1.41. The van der Waals surface area contributed by atoms with E-state index in [1.807, 2.05) is 0 Å². The maximum atomic E-state index is 12.5. The molecule has 1 aliphatic heterocycles. The number of hydrogen-bond acceptors (Lipinski definition) is 7. The molecule has 1 aliphatic rings. The van der Waals surface area contributed by atoms with Crippen molar-refractivity contribution in [3.63, 3.8) is 0 Å². The maximum Gasteiger partial charge on any atom is 0.329 e. The van der Waals surface area contributed by atoms with Crippen molar-refractivity contribution in [3.05, 3.63) is 12.2 Å². The monoisotopic (exact) mass is 412 g/mol. The molecule has 0 aliphatic carbocycles. The molecule has 0 aromatic rings. The van der Waals surface area contributed by atoms with Gasteiger partial charge in [-0.15, -0.1) is 0 Å². The third-order valence-corrected chi connectivity index (χ3v) is 3.68. The van der Waals surface area contributed by atoms with Crippen molar-refractivity contribution < 1.29 is 33.8 Å². The first-order valence-electron chi connectivity index (χ1n) is 9.59. The molecule has 1 rings (SSSR count). The van der Waals surface area contributed by atoms with Crippen LogP contribution in [0, 0.1) is 0 Å². The summed E-state index contributed by atoms with van der Waals surface area (Å²) in [7, 11) is 0. The highest BCUT2D eigenvalue weighted by Crippen LogP contribution is 2.14. The van der Waals surface area contributed by atoms with Gasteiger partial charge in [0.25, 0.3) is 0 Å². The summed E-state index contributed by atoms with van der Waals surface area (Å²) in [6.45, 7) is 10.3. The smallest absolute Gasteiger partial charge is 0.329 e. The molecule has 164 valence electrons. The van der Waals surface area contributed by atoms with Crippen LogP contribution in [0.1, 0.15) is 60.8 Å². The zero-order chi connectivity index (χ0) is 22.4. The molecule has 1 heterocycles.